The molecule has 0 N–H and O–H groups in total. The lowest BCUT2D eigenvalue weighted by molar-refractivity contribution is -0.0208. The number of hydrogen-bond donors (Lipinski definition) is 0. The van der Waals surface area contributed by atoms with E-state index in [-0.39, 0.29) is 18.5 Å². The number of benzene rings is 1. The van der Waals surface area contributed by atoms with Gasteiger partial charge < -0.3 is 9.64 Å². The Kier molecular flexibility index (Phi) is 4.39. The van der Waals surface area contributed by atoms with Crippen LogP contribution < -0.4 is 0 Å². The molecule has 1 fully saturated rings. The zero-order chi connectivity index (χ0) is 9.10. The van der Waals surface area contributed by atoms with E-state index in [1.165, 1.54) is 5.56 Å². The highest BCUT2D eigenvalue weighted by Crippen LogP contribution is 2.20. The zero-order valence-corrected chi connectivity index (χ0v) is 9.17. The third kappa shape index (κ3) is 2.71. The van der Waals surface area contributed by atoms with E-state index in [1.54, 1.807) is 0 Å². The van der Waals surface area contributed by atoms with Gasteiger partial charge in [-0.2, -0.15) is 0 Å². The van der Waals surface area contributed by atoms with Crippen molar-refractivity contribution in [3.05, 3.63) is 35.9 Å². The molecule has 0 aromatic heterocycles. The van der Waals surface area contributed by atoms with Crippen LogP contribution in [0, 0.1) is 0 Å². The maximum absolute atomic E-state index is 5.69. The van der Waals surface area contributed by atoms with Gasteiger partial charge in [-0.1, -0.05) is 30.3 Å². The second-order valence-electron chi connectivity index (χ2n) is 3.53. The van der Waals surface area contributed by atoms with Crippen LogP contribution in [0.15, 0.2) is 30.3 Å². The molecule has 1 atom stereocenters. The Balaban J connectivity index is 0.000000980. The molecule has 0 saturated carbocycles. The molecule has 1 aliphatic heterocycles. The minimum Gasteiger partial charge on any atom is -0.371 e. The highest BCUT2D eigenvalue weighted by Gasteiger charge is 2.18. The Morgan fingerprint density at radius 2 is 2.00 bits per heavy atom. The van der Waals surface area contributed by atoms with Crippen LogP contribution >= 0.6 is 12.4 Å². The zero-order valence-electron chi connectivity index (χ0n) is 8.35. The SMILES string of the molecule is CN1CCOC(c2ccccc2)C1.Cl. The molecule has 0 spiro atoms. The average molecular weight is 214 g/mol. The molecule has 1 saturated heterocycles. The third-order valence-corrected chi connectivity index (χ3v) is 2.44. The first-order chi connectivity index (χ1) is 6.36. The number of rotatable bonds is 1. The van der Waals surface area contributed by atoms with Gasteiger partial charge in [-0.15, -0.1) is 12.4 Å². The molecule has 0 amide bonds. The number of ether oxygens (including phenoxy) is 1. The molecule has 0 radical (unpaired) electrons. The topological polar surface area (TPSA) is 12.5 Å². The Morgan fingerprint density at radius 1 is 1.29 bits per heavy atom. The summed E-state index contributed by atoms with van der Waals surface area (Å²) in [7, 11) is 2.14. The molecule has 78 valence electrons. The second-order valence-corrected chi connectivity index (χ2v) is 3.53. The van der Waals surface area contributed by atoms with Gasteiger partial charge in [0.15, 0.2) is 0 Å². The Bertz CT molecular complexity index is 265. The summed E-state index contributed by atoms with van der Waals surface area (Å²) >= 11 is 0. The van der Waals surface area contributed by atoms with Crippen LogP contribution in [0.4, 0.5) is 0 Å². The van der Waals surface area contributed by atoms with Crippen molar-refractivity contribution in [1.29, 1.82) is 0 Å². The van der Waals surface area contributed by atoms with E-state index in [4.69, 9.17) is 4.74 Å². The quantitative estimate of drug-likeness (QED) is 0.709. The lowest BCUT2D eigenvalue weighted by Crippen LogP contribution is -2.35. The van der Waals surface area contributed by atoms with Gasteiger partial charge in [0.05, 0.1) is 12.7 Å². The van der Waals surface area contributed by atoms with Gasteiger partial charge in [0.25, 0.3) is 0 Å². The molecule has 1 heterocycles. The number of halogens is 1. The van der Waals surface area contributed by atoms with Crippen molar-refractivity contribution < 1.29 is 4.74 Å². The normalized spacial score (nSPS) is 22.8. The molecular formula is C11H16ClNO. The maximum Gasteiger partial charge on any atom is 0.0952 e. The molecule has 3 heteroatoms. The predicted octanol–water partition coefficient (Wildman–Crippen LogP) is 2.11. The van der Waals surface area contributed by atoms with Crippen molar-refractivity contribution in [3.63, 3.8) is 0 Å². The van der Waals surface area contributed by atoms with Crippen molar-refractivity contribution in [1.82, 2.24) is 4.90 Å². The lowest BCUT2D eigenvalue weighted by atomic mass is 10.1. The Labute approximate surface area is 91.3 Å². The van der Waals surface area contributed by atoms with E-state index in [0.717, 1.165) is 19.7 Å². The van der Waals surface area contributed by atoms with Crippen molar-refractivity contribution >= 4 is 12.4 Å². The van der Waals surface area contributed by atoms with Crippen LogP contribution in [0.25, 0.3) is 0 Å². The summed E-state index contributed by atoms with van der Waals surface area (Å²) in [6.45, 7) is 2.89. The first-order valence-electron chi connectivity index (χ1n) is 4.71. The Morgan fingerprint density at radius 3 is 2.64 bits per heavy atom. The molecule has 0 bridgehead atoms. The van der Waals surface area contributed by atoms with Gasteiger partial charge in [-0.3, -0.25) is 0 Å². The lowest BCUT2D eigenvalue weighted by Gasteiger charge is -2.30. The molecular weight excluding hydrogens is 198 g/mol. The summed E-state index contributed by atoms with van der Waals surface area (Å²) in [5.74, 6) is 0. The van der Waals surface area contributed by atoms with Gasteiger partial charge in [0, 0.05) is 13.1 Å². The minimum absolute atomic E-state index is 0. The fraction of sp³-hybridized carbons (Fsp3) is 0.455. The summed E-state index contributed by atoms with van der Waals surface area (Å²) in [5, 5.41) is 0. The summed E-state index contributed by atoms with van der Waals surface area (Å²) < 4.78 is 5.69. The van der Waals surface area contributed by atoms with Crippen LogP contribution in [0.2, 0.25) is 0 Å². The molecule has 14 heavy (non-hydrogen) atoms. The fourth-order valence-corrected chi connectivity index (χ4v) is 1.65. The summed E-state index contributed by atoms with van der Waals surface area (Å²) in [6.07, 6.45) is 0.264. The van der Waals surface area contributed by atoms with E-state index in [0.29, 0.717) is 0 Å². The second kappa shape index (κ2) is 5.35. The monoisotopic (exact) mass is 213 g/mol. The van der Waals surface area contributed by atoms with Crippen molar-refractivity contribution in [2.75, 3.05) is 26.7 Å². The average Bonchev–Trinajstić information content (AvgIpc) is 2.19. The molecule has 1 aliphatic rings. The highest BCUT2D eigenvalue weighted by molar-refractivity contribution is 5.85. The summed E-state index contributed by atoms with van der Waals surface area (Å²) in [5.41, 5.74) is 1.29. The molecule has 1 aromatic carbocycles. The molecule has 2 rings (SSSR count). The predicted molar refractivity (Wildman–Crippen MR) is 59.9 cm³/mol. The third-order valence-electron chi connectivity index (χ3n) is 2.44. The van der Waals surface area contributed by atoms with Gasteiger partial charge in [-0.05, 0) is 12.6 Å². The summed E-state index contributed by atoms with van der Waals surface area (Å²) in [6, 6.07) is 10.4. The van der Waals surface area contributed by atoms with Crippen molar-refractivity contribution in [2.24, 2.45) is 0 Å². The minimum atomic E-state index is 0. The van der Waals surface area contributed by atoms with Crippen LogP contribution in [0.1, 0.15) is 11.7 Å². The standard InChI is InChI=1S/C11H15NO.ClH/c1-12-7-8-13-11(9-12)10-5-3-2-4-6-10;/h2-6,11H,7-9H2,1H3;1H. The number of nitrogens with zero attached hydrogens (tertiary/aromatic N) is 1. The molecule has 0 aliphatic carbocycles. The van der Waals surface area contributed by atoms with E-state index < -0.39 is 0 Å². The number of morpholine rings is 1. The Hall–Kier alpha value is -0.570. The van der Waals surface area contributed by atoms with E-state index >= 15 is 0 Å². The van der Waals surface area contributed by atoms with Gasteiger partial charge in [0.1, 0.15) is 0 Å². The molecule has 1 aromatic rings. The first-order valence-corrected chi connectivity index (χ1v) is 4.71. The number of hydrogen-bond acceptors (Lipinski definition) is 2. The largest absolute Gasteiger partial charge is 0.371 e. The first kappa shape index (κ1) is 11.5. The highest BCUT2D eigenvalue weighted by atomic mass is 35.5. The maximum atomic E-state index is 5.69. The summed E-state index contributed by atoms with van der Waals surface area (Å²) in [4.78, 5) is 2.31. The smallest absolute Gasteiger partial charge is 0.0952 e. The van der Waals surface area contributed by atoms with Crippen LogP contribution in [-0.4, -0.2) is 31.6 Å². The van der Waals surface area contributed by atoms with E-state index in [1.807, 2.05) is 6.07 Å². The van der Waals surface area contributed by atoms with Crippen molar-refractivity contribution in [3.8, 4) is 0 Å². The van der Waals surface area contributed by atoms with Crippen molar-refractivity contribution in [2.45, 2.75) is 6.10 Å². The van der Waals surface area contributed by atoms with E-state index in [2.05, 4.69) is 36.2 Å². The van der Waals surface area contributed by atoms with E-state index in [9.17, 15) is 0 Å². The van der Waals surface area contributed by atoms with Crippen LogP contribution in [0.5, 0.6) is 0 Å². The van der Waals surface area contributed by atoms with Gasteiger partial charge in [-0.25, -0.2) is 0 Å². The number of likely N-dealkylation sites (N-methyl/N-ethyl adjacent to an activating group) is 1. The van der Waals surface area contributed by atoms with Crippen LogP contribution in [0.3, 0.4) is 0 Å². The molecule has 1 unspecified atom stereocenters. The van der Waals surface area contributed by atoms with Gasteiger partial charge >= 0.3 is 0 Å². The fourth-order valence-electron chi connectivity index (χ4n) is 1.65. The van der Waals surface area contributed by atoms with Gasteiger partial charge in [0.2, 0.25) is 0 Å². The van der Waals surface area contributed by atoms with Crippen LogP contribution in [-0.2, 0) is 4.74 Å². The molecule has 2 nitrogen and oxygen atoms in total.